The molecular formula is C36H45Cl2F2N5O4. The van der Waals surface area contributed by atoms with Gasteiger partial charge < -0.3 is 19.1 Å². The van der Waals surface area contributed by atoms with Gasteiger partial charge in [0.25, 0.3) is 12.3 Å². The van der Waals surface area contributed by atoms with E-state index in [4.69, 9.17) is 19.2 Å². The van der Waals surface area contributed by atoms with E-state index in [9.17, 15) is 13.6 Å². The standard InChI is InChI=1S/C36H43F2N5O4.2ClH/c1-45-34-28(35(47-23-31(37)38)40-33(39-34)26-14-15-26)21-41-19-27-20-42(36(44)30-13-8-18-46-30)16-17-43(27)29(22-41)32(24-9-4-2-5-10-24)25-11-6-3-7-12-25;;/h2-7,9-12,26-27,29-32H,8,13-23H2,1H3;2*1H/t27-,29+,30-;;/m1../s1. The first-order chi connectivity index (χ1) is 23.0. The maximum atomic E-state index is 13.5. The maximum absolute atomic E-state index is 13.5. The summed E-state index contributed by atoms with van der Waals surface area (Å²) >= 11 is 0. The number of rotatable bonds is 11. The number of methoxy groups -OCH3 is 1. The van der Waals surface area contributed by atoms with E-state index >= 15 is 0 Å². The van der Waals surface area contributed by atoms with Crippen LogP contribution in [0.15, 0.2) is 60.7 Å². The van der Waals surface area contributed by atoms with Gasteiger partial charge in [0.15, 0.2) is 6.61 Å². The van der Waals surface area contributed by atoms with Crippen molar-refractivity contribution in [1.29, 1.82) is 0 Å². The van der Waals surface area contributed by atoms with Gasteiger partial charge in [-0.1, -0.05) is 60.7 Å². The average molecular weight is 721 g/mol. The van der Waals surface area contributed by atoms with Crippen LogP contribution in [0.25, 0.3) is 0 Å². The lowest BCUT2D eigenvalue weighted by Crippen LogP contribution is -2.67. The number of hydrogen-bond donors (Lipinski definition) is 0. The first kappa shape index (κ1) is 37.2. The Kier molecular flexibility index (Phi) is 12.7. The van der Waals surface area contributed by atoms with Gasteiger partial charge in [-0.15, -0.1) is 24.8 Å². The predicted octanol–water partition coefficient (Wildman–Crippen LogP) is 5.56. The van der Waals surface area contributed by atoms with Crippen molar-refractivity contribution in [2.45, 2.75) is 68.7 Å². The van der Waals surface area contributed by atoms with Gasteiger partial charge in [0.1, 0.15) is 11.9 Å². The van der Waals surface area contributed by atoms with Crippen LogP contribution in [0.1, 0.15) is 60.0 Å². The van der Waals surface area contributed by atoms with E-state index in [1.165, 1.54) is 11.1 Å². The summed E-state index contributed by atoms with van der Waals surface area (Å²) in [7, 11) is 1.55. The molecule has 4 heterocycles. The van der Waals surface area contributed by atoms with Crippen molar-refractivity contribution in [2.75, 3.05) is 53.0 Å². The molecule has 0 N–H and O–H groups in total. The topological polar surface area (TPSA) is 80.3 Å². The molecule has 9 nitrogen and oxygen atoms in total. The number of amides is 1. The minimum absolute atomic E-state index is 0. The molecule has 4 aliphatic rings. The Bertz CT molecular complexity index is 1480. The third-order valence-electron chi connectivity index (χ3n) is 9.90. The Balaban J connectivity index is 0.00000234. The van der Waals surface area contributed by atoms with Crippen LogP contribution in [-0.4, -0.2) is 108 Å². The van der Waals surface area contributed by atoms with Crippen LogP contribution in [0, 0.1) is 0 Å². The molecule has 1 amide bonds. The lowest BCUT2D eigenvalue weighted by atomic mass is 9.81. The number of ether oxygens (including phenoxy) is 3. The third kappa shape index (κ3) is 8.45. The van der Waals surface area contributed by atoms with Crippen molar-refractivity contribution in [3.05, 3.63) is 83.2 Å². The van der Waals surface area contributed by atoms with E-state index in [0.29, 0.717) is 56.6 Å². The number of halogens is 4. The summed E-state index contributed by atoms with van der Waals surface area (Å²) in [5, 5.41) is 0. The Morgan fingerprint density at radius 1 is 0.918 bits per heavy atom. The van der Waals surface area contributed by atoms with Gasteiger partial charge in [0.2, 0.25) is 11.8 Å². The van der Waals surface area contributed by atoms with E-state index in [1.54, 1.807) is 7.11 Å². The normalized spacial score (nSPS) is 22.7. The van der Waals surface area contributed by atoms with Crippen LogP contribution in [0.3, 0.4) is 0 Å². The number of carbonyl (C=O) groups excluding carboxylic acids is 1. The van der Waals surface area contributed by atoms with Crippen LogP contribution in [0.4, 0.5) is 8.78 Å². The second-order valence-corrected chi connectivity index (χ2v) is 13.1. The summed E-state index contributed by atoms with van der Waals surface area (Å²) < 4.78 is 43.9. The highest BCUT2D eigenvalue weighted by Crippen LogP contribution is 2.42. The number of fused-ring (bicyclic) bond motifs is 1. The van der Waals surface area contributed by atoms with Gasteiger partial charge in [0, 0.05) is 69.8 Å². The Hall–Kier alpha value is -3.09. The Morgan fingerprint density at radius 2 is 1.59 bits per heavy atom. The lowest BCUT2D eigenvalue weighted by Gasteiger charge is -2.53. The fraction of sp³-hybridized carbons (Fsp3) is 0.528. The molecule has 3 saturated heterocycles. The number of piperazine rings is 2. The largest absolute Gasteiger partial charge is 0.481 e. The van der Waals surface area contributed by atoms with E-state index in [0.717, 1.165) is 32.2 Å². The van der Waals surface area contributed by atoms with Crippen molar-refractivity contribution in [1.82, 2.24) is 24.7 Å². The van der Waals surface area contributed by atoms with Gasteiger partial charge in [-0.2, -0.15) is 9.97 Å². The summed E-state index contributed by atoms with van der Waals surface area (Å²) in [6.45, 7) is 3.61. The molecular weight excluding hydrogens is 675 g/mol. The highest BCUT2D eigenvalue weighted by molar-refractivity contribution is 5.85. The highest BCUT2D eigenvalue weighted by atomic mass is 35.5. The van der Waals surface area contributed by atoms with E-state index in [-0.39, 0.29) is 66.6 Å². The molecule has 4 fully saturated rings. The second kappa shape index (κ2) is 16.7. The Morgan fingerprint density at radius 3 is 2.18 bits per heavy atom. The number of carbonyl (C=O) groups is 1. The molecule has 0 radical (unpaired) electrons. The summed E-state index contributed by atoms with van der Waals surface area (Å²) in [5.74, 6) is 1.46. The van der Waals surface area contributed by atoms with Crippen molar-refractivity contribution in [2.24, 2.45) is 0 Å². The molecule has 0 bridgehead atoms. The van der Waals surface area contributed by atoms with Crippen molar-refractivity contribution < 1.29 is 27.8 Å². The fourth-order valence-electron chi connectivity index (χ4n) is 7.54. The highest BCUT2D eigenvalue weighted by Gasteiger charge is 2.44. The fourth-order valence-corrected chi connectivity index (χ4v) is 7.54. The van der Waals surface area contributed by atoms with E-state index < -0.39 is 13.0 Å². The number of benzene rings is 2. The molecule has 49 heavy (non-hydrogen) atoms. The first-order valence-corrected chi connectivity index (χ1v) is 16.8. The summed E-state index contributed by atoms with van der Waals surface area (Å²) in [4.78, 5) is 29.8. The van der Waals surface area contributed by atoms with Crippen molar-refractivity contribution >= 4 is 30.7 Å². The van der Waals surface area contributed by atoms with Gasteiger partial charge in [0.05, 0.1) is 12.7 Å². The SMILES string of the molecule is COc1nc(C2CC2)nc(OCC(F)F)c1CN1C[C@@H]2CN(C(=O)[C@H]3CCCO3)CCN2[C@H](C(c2ccccc2)c2ccccc2)C1.Cl.Cl. The van der Waals surface area contributed by atoms with Gasteiger partial charge in [-0.25, -0.2) is 8.78 Å². The number of alkyl halides is 2. The molecule has 7 rings (SSSR count). The van der Waals surface area contributed by atoms with Gasteiger partial charge >= 0.3 is 0 Å². The molecule has 3 atom stereocenters. The van der Waals surface area contributed by atoms with Crippen LogP contribution in [-0.2, 0) is 16.1 Å². The number of nitrogens with zero attached hydrogens (tertiary/aromatic N) is 5. The summed E-state index contributed by atoms with van der Waals surface area (Å²) in [6.07, 6.45) is 0.603. The van der Waals surface area contributed by atoms with Crippen LogP contribution >= 0.6 is 24.8 Å². The molecule has 1 aromatic heterocycles. The van der Waals surface area contributed by atoms with E-state index in [1.807, 2.05) is 17.0 Å². The molecule has 13 heteroatoms. The van der Waals surface area contributed by atoms with E-state index in [2.05, 4.69) is 63.3 Å². The first-order valence-electron chi connectivity index (χ1n) is 16.8. The van der Waals surface area contributed by atoms with Gasteiger partial charge in [-0.3, -0.25) is 14.6 Å². The number of aromatic nitrogens is 2. The quantitative estimate of drug-likeness (QED) is 0.255. The maximum Gasteiger partial charge on any atom is 0.272 e. The zero-order valence-electron chi connectivity index (χ0n) is 27.7. The van der Waals surface area contributed by atoms with Crippen LogP contribution in [0.2, 0.25) is 0 Å². The zero-order valence-corrected chi connectivity index (χ0v) is 29.3. The molecule has 266 valence electrons. The van der Waals surface area contributed by atoms with Crippen molar-refractivity contribution in [3.8, 4) is 11.8 Å². The monoisotopic (exact) mass is 719 g/mol. The smallest absolute Gasteiger partial charge is 0.272 e. The molecule has 2 aromatic carbocycles. The molecule has 0 unspecified atom stereocenters. The summed E-state index contributed by atoms with van der Waals surface area (Å²) in [5.41, 5.74) is 3.01. The Labute approximate surface area is 299 Å². The lowest BCUT2D eigenvalue weighted by molar-refractivity contribution is -0.146. The molecule has 0 spiro atoms. The van der Waals surface area contributed by atoms with Crippen molar-refractivity contribution in [3.63, 3.8) is 0 Å². The number of hydrogen-bond acceptors (Lipinski definition) is 8. The van der Waals surface area contributed by atoms with Crippen LogP contribution < -0.4 is 9.47 Å². The third-order valence-corrected chi connectivity index (χ3v) is 9.90. The second-order valence-electron chi connectivity index (χ2n) is 13.1. The molecule has 1 aliphatic carbocycles. The van der Waals surface area contributed by atoms with Gasteiger partial charge in [-0.05, 0) is 36.8 Å². The molecule has 3 aliphatic heterocycles. The molecule has 3 aromatic rings. The molecule has 1 saturated carbocycles. The average Bonchev–Trinajstić information content (AvgIpc) is 3.81. The predicted molar refractivity (Wildman–Crippen MR) is 186 cm³/mol. The zero-order chi connectivity index (χ0) is 32.3. The minimum atomic E-state index is -2.63. The van der Waals surface area contributed by atoms with Crippen LogP contribution in [0.5, 0.6) is 11.8 Å². The minimum Gasteiger partial charge on any atom is -0.481 e. The summed E-state index contributed by atoms with van der Waals surface area (Å²) in [6, 6.07) is 21.3.